The van der Waals surface area contributed by atoms with Crippen molar-refractivity contribution in [3.05, 3.63) is 35.5 Å². The molecule has 0 unspecified atom stereocenters. The Morgan fingerprint density at radius 3 is 2.39 bits per heavy atom. The molecule has 2 N–H and O–H groups in total. The summed E-state index contributed by atoms with van der Waals surface area (Å²) >= 11 is 0. The lowest BCUT2D eigenvalue weighted by atomic mass is 9.85. The normalized spacial score (nSPS) is 12.3. The van der Waals surface area contributed by atoms with E-state index in [9.17, 15) is 0 Å². The molecule has 2 aromatic rings. The van der Waals surface area contributed by atoms with E-state index >= 15 is 0 Å². The van der Waals surface area contributed by atoms with Gasteiger partial charge in [0.1, 0.15) is 0 Å². The highest BCUT2D eigenvalue weighted by Gasteiger charge is 2.19. The largest absolute Gasteiger partial charge is 0.398 e. The van der Waals surface area contributed by atoms with Crippen molar-refractivity contribution in [3.8, 4) is 0 Å². The fraction of sp³-hybridized carbons (Fsp3) is 0.438. The Balaban J connectivity index is 2.82. The third-order valence-corrected chi connectivity index (χ3v) is 3.29. The first-order valence-electron chi connectivity index (χ1n) is 6.50. The van der Waals surface area contributed by atoms with Gasteiger partial charge in [-0.25, -0.2) is 0 Å². The Morgan fingerprint density at radius 1 is 1.17 bits per heavy atom. The van der Waals surface area contributed by atoms with E-state index in [1.54, 1.807) is 0 Å². The van der Waals surface area contributed by atoms with E-state index in [-0.39, 0.29) is 5.41 Å². The van der Waals surface area contributed by atoms with Crippen LogP contribution in [-0.4, -0.2) is 4.98 Å². The molecule has 96 valence electrons. The van der Waals surface area contributed by atoms with Crippen molar-refractivity contribution >= 4 is 16.6 Å². The number of nitrogens with two attached hydrogens (primary N) is 1. The molecule has 1 heterocycles. The van der Waals surface area contributed by atoms with Crippen LogP contribution in [0.4, 0.5) is 5.69 Å². The van der Waals surface area contributed by atoms with Crippen molar-refractivity contribution in [2.45, 2.75) is 46.0 Å². The fourth-order valence-corrected chi connectivity index (χ4v) is 2.20. The highest BCUT2D eigenvalue weighted by atomic mass is 14.7. The average Bonchev–Trinajstić information content (AvgIpc) is 2.26. The molecule has 0 radical (unpaired) electrons. The van der Waals surface area contributed by atoms with Crippen molar-refractivity contribution in [1.29, 1.82) is 0 Å². The number of hydrogen-bond acceptors (Lipinski definition) is 2. The standard InChI is InChI=1S/C16H22N2/c1-10(2)14-9-13(17)11-7-6-8-12(15(11)18-14)16(3,4)5/h6-10H,1-5H3,(H2,17,18). The number of benzene rings is 1. The minimum absolute atomic E-state index is 0.0779. The van der Waals surface area contributed by atoms with Crippen LogP contribution in [0.15, 0.2) is 24.3 Å². The predicted octanol–water partition coefficient (Wildman–Crippen LogP) is 4.24. The number of pyridine rings is 1. The van der Waals surface area contributed by atoms with Gasteiger partial charge in [0.2, 0.25) is 0 Å². The molecule has 0 saturated heterocycles. The first kappa shape index (κ1) is 12.9. The highest BCUT2D eigenvalue weighted by Crippen LogP contribution is 2.32. The zero-order valence-electron chi connectivity index (χ0n) is 11.9. The third-order valence-electron chi connectivity index (χ3n) is 3.29. The van der Waals surface area contributed by atoms with Gasteiger partial charge < -0.3 is 5.73 Å². The van der Waals surface area contributed by atoms with Gasteiger partial charge in [-0.2, -0.15) is 0 Å². The number of para-hydroxylation sites is 1. The molecule has 0 spiro atoms. The van der Waals surface area contributed by atoms with Gasteiger partial charge in [-0.3, -0.25) is 4.98 Å². The highest BCUT2D eigenvalue weighted by molar-refractivity contribution is 5.93. The summed E-state index contributed by atoms with van der Waals surface area (Å²) in [5, 5.41) is 1.06. The van der Waals surface area contributed by atoms with Gasteiger partial charge in [0.15, 0.2) is 0 Å². The number of hydrogen-bond donors (Lipinski definition) is 1. The number of nitrogens with zero attached hydrogens (tertiary/aromatic N) is 1. The van der Waals surface area contributed by atoms with Gasteiger partial charge >= 0.3 is 0 Å². The topological polar surface area (TPSA) is 38.9 Å². The second-order valence-corrected chi connectivity index (χ2v) is 6.24. The molecule has 0 amide bonds. The van der Waals surface area contributed by atoms with E-state index in [1.165, 1.54) is 5.56 Å². The Labute approximate surface area is 109 Å². The fourth-order valence-electron chi connectivity index (χ4n) is 2.20. The summed E-state index contributed by atoms with van der Waals surface area (Å²) in [6.07, 6.45) is 0. The molecule has 2 heteroatoms. The van der Waals surface area contributed by atoms with E-state index in [0.29, 0.717) is 5.92 Å². The monoisotopic (exact) mass is 242 g/mol. The summed E-state index contributed by atoms with van der Waals surface area (Å²) in [7, 11) is 0. The molecule has 2 rings (SSSR count). The van der Waals surface area contributed by atoms with Crippen molar-refractivity contribution < 1.29 is 0 Å². The number of nitrogen functional groups attached to an aromatic ring is 1. The maximum Gasteiger partial charge on any atom is 0.0763 e. The van der Waals surface area contributed by atoms with Gasteiger partial charge in [0.05, 0.1) is 5.52 Å². The van der Waals surface area contributed by atoms with Crippen LogP contribution in [0.1, 0.15) is 51.8 Å². The SMILES string of the molecule is CC(C)c1cc(N)c2cccc(C(C)(C)C)c2n1. The molecule has 18 heavy (non-hydrogen) atoms. The van der Waals surface area contributed by atoms with Gasteiger partial charge in [-0.05, 0) is 23.0 Å². The van der Waals surface area contributed by atoms with Gasteiger partial charge in [0, 0.05) is 16.8 Å². The van der Waals surface area contributed by atoms with Gasteiger partial charge in [-0.15, -0.1) is 0 Å². The van der Waals surface area contributed by atoms with Gasteiger partial charge in [-0.1, -0.05) is 52.8 Å². The van der Waals surface area contributed by atoms with Crippen LogP contribution in [0.25, 0.3) is 10.9 Å². The lowest BCUT2D eigenvalue weighted by Crippen LogP contribution is -2.13. The molecule has 0 saturated carbocycles. The first-order chi connectivity index (χ1) is 8.30. The lowest BCUT2D eigenvalue weighted by Gasteiger charge is -2.22. The van der Waals surface area contributed by atoms with Crippen LogP contribution in [0.3, 0.4) is 0 Å². The summed E-state index contributed by atoms with van der Waals surface area (Å²) in [6, 6.07) is 8.27. The lowest BCUT2D eigenvalue weighted by molar-refractivity contribution is 0.594. The minimum Gasteiger partial charge on any atom is -0.398 e. The molecule has 0 aliphatic carbocycles. The quantitative estimate of drug-likeness (QED) is 0.812. The minimum atomic E-state index is 0.0779. The smallest absolute Gasteiger partial charge is 0.0763 e. The second-order valence-electron chi connectivity index (χ2n) is 6.24. The zero-order valence-corrected chi connectivity index (χ0v) is 11.9. The molecule has 2 nitrogen and oxygen atoms in total. The van der Waals surface area contributed by atoms with Crippen molar-refractivity contribution in [2.24, 2.45) is 0 Å². The molecule has 0 atom stereocenters. The van der Waals surface area contributed by atoms with E-state index in [2.05, 4.69) is 52.8 Å². The number of aromatic nitrogens is 1. The van der Waals surface area contributed by atoms with Crippen LogP contribution in [-0.2, 0) is 5.41 Å². The van der Waals surface area contributed by atoms with Crippen molar-refractivity contribution in [2.75, 3.05) is 5.73 Å². The average molecular weight is 242 g/mol. The van der Waals surface area contributed by atoms with E-state index in [4.69, 9.17) is 10.7 Å². The van der Waals surface area contributed by atoms with Crippen molar-refractivity contribution in [3.63, 3.8) is 0 Å². The summed E-state index contributed by atoms with van der Waals surface area (Å²) in [6.45, 7) is 10.9. The molecular formula is C16H22N2. The molecule has 0 fully saturated rings. The number of fused-ring (bicyclic) bond motifs is 1. The Kier molecular flexibility index (Phi) is 3.05. The summed E-state index contributed by atoms with van der Waals surface area (Å²) in [5.74, 6) is 0.393. The molecule has 0 aliphatic rings. The first-order valence-corrected chi connectivity index (χ1v) is 6.50. The molecule has 1 aromatic carbocycles. The summed E-state index contributed by atoms with van der Waals surface area (Å²) in [5.41, 5.74) is 10.4. The zero-order chi connectivity index (χ0) is 13.5. The summed E-state index contributed by atoms with van der Waals surface area (Å²) in [4.78, 5) is 4.82. The number of anilines is 1. The maximum atomic E-state index is 6.17. The van der Waals surface area contributed by atoms with Crippen LogP contribution < -0.4 is 5.73 Å². The molecule has 0 bridgehead atoms. The van der Waals surface area contributed by atoms with Crippen LogP contribution >= 0.6 is 0 Å². The predicted molar refractivity (Wildman–Crippen MR) is 78.9 cm³/mol. The third kappa shape index (κ3) is 2.20. The van der Waals surface area contributed by atoms with Crippen LogP contribution in [0.2, 0.25) is 0 Å². The second kappa shape index (κ2) is 4.27. The Bertz CT molecular complexity index is 577. The van der Waals surface area contributed by atoms with E-state index in [0.717, 1.165) is 22.3 Å². The molecule has 0 aliphatic heterocycles. The number of rotatable bonds is 1. The van der Waals surface area contributed by atoms with Crippen LogP contribution in [0.5, 0.6) is 0 Å². The Morgan fingerprint density at radius 2 is 1.83 bits per heavy atom. The summed E-state index contributed by atoms with van der Waals surface area (Å²) < 4.78 is 0. The van der Waals surface area contributed by atoms with Gasteiger partial charge in [0.25, 0.3) is 0 Å². The van der Waals surface area contributed by atoms with Crippen LogP contribution in [0, 0.1) is 0 Å². The molecule has 1 aromatic heterocycles. The van der Waals surface area contributed by atoms with E-state index in [1.807, 2.05) is 6.07 Å². The maximum absolute atomic E-state index is 6.17. The molecular weight excluding hydrogens is 220 g/mol. The Hall–Kier alpha value is -1.57. The van der Waals surface area contributed by atoms with Crippen molar-refractivity contribution in [1.82, 2.24) is 4.98 Å². The van der Waals surface area contributed by atoms with E-state index < -0.39 is 0 Å².